The first-order chi connectivity index (χ1) is 15.9. The predicted molar refractivity (Wildman–Crippen MR) is 140 cm³/mol. The topological polar surface area (TPSA) is 0 Å². The zero-order valence-electron chi connectivity index (χ0n) is 18.1. The lowest BCUT2D eigenvalue weighted by atomic mass is 9.86. The second-order valence-electron chi connectivity index (χ2n) is 8.42. The van der Waals surface area contributed by atoms with Crippen molar-refractivity contribution in [1.29, 1.82) is 0 Å². The Morgan fingerprint density at radius 2 is 1.22 bits per heavy atom. The van der Waals surface area contributed by atoms with E-state index < -0.39 is 0 Å². The van der Waals surface area contributed by atoms with E-state index in [2.05, 4.69) is 127 Å². The van der Waals surface area contributed by atoms with Crippen molar-refractivity contribution in [1.82, 2.24) is 0 Å². The fourth-order valence-corrected chi connectivity index (χ4v) is 7.70. The molecule has 1 unspecified atom stereocenters. The highest BCUT2D eigenvalue weighted by atomic mass is 32.2. The van der Waals surface area contributed by atoms with E-state index >= 15 is 0 Å². The summed E-state index contributed by atoms with van der Waals surface area (Å²) < 4.78 is 0. The summed E-state index contributed by atoms with van der Waals surface area (Å²) in [6.07, 6.45) is 3.45. The number of hydrogen-bond acceptors (Lipinski definition) is 2. The van der Waals surface area contributed by atoms with Crippen LogP contribution < -0.4 is 0 Å². The molecule has 4 aromatic rings. The van der Waals surface area contributed by atoms with E-state index in [1.807, 2.05) is 11.8 Å². The Morgan fingerprint density at radius 3 is 1.94 bits per heavy atom. The zero-order valence-corrected chi connectivity index (χ0v) is 19.8. The van der Waals surface area contributed by atoms with Gasteiger partial charge < -0.3 is 0 Å². The van der Waals surface area contributed by atoms with Crippen molar-refractivity contribution in [2.24, 2.45) is 5.92 Å². The Hall–Kier alpha value is -2.42. The summed E-state index contributed by atoms with van der Waals surface area (Å²) in [4.78, 5) is 2.82. The fraction of sp³-hybridized carbons (Fsp3) is 0.200. The molecule has 3 atom stereocenters. The van der Waals surface area contributed by atoms with Gasteiger partial charge in [-0.1, -0.05) is 97.1 Å². The third kappa shape index (κ3) is 5.14. The first-order valence-electron chi connectivity index (χ1n) is 11.4. The van der Waals surface area contributed by atoms with Gasteiger partial charge in [-0.3, -0.25) is 0 Å². The van der Waals surface area contributed by atoms with Gasteiger partial charge in [-0.2, -0.15) is 0 Å². The standard InChI is InChI=1S/C30H28S2/c1-4-12-23(13-5-1)20-21-29-27(22-24-14-6-2-7-15-24)30(31-25-16-8-3-9-17-25)26-18-10-11-19-28(26)32-29/h1-19,27,29-30H,20-22H2/t27?,29-,30+/m1/s1. The summed E-state index contributed by atoms with van der Waals surface area (Å²) in [7, 11) is 0. The van der Waals surface area contributed by atoms with Crippen LogP contribution in [-0.2, 0) is 12.8 Å². The maximum Gasteiger partial charge on any atom is 0.0397 e. The molecule has 1 heterocycles. The van der Waals surface area contributed by atoms with Crippen molar-refractivity contribution in [2.45, 2.75) is 39.6 Å². The van der Waals surface area contributed by atoms with Crippen LogP contribution in [0, 0.1) is 5.92 Å². The van der Waals surface area contributed by atoms with Gasteiger partial charge in [-0.25, -0.2) is 0 Å². The molecular formula is C30H28S2. The maximum absolute atomic E-state index is 2.36. The molecule has 1 aliphatic heterocycles. The zero-order chi connectivity index (χ0) is 21.6. The molecule has 0 radical (unpaired) electrons. The average Bonchev–Trinajstić information content (AvgIpc) is 2.86. The Kier molecular flexibility index (Phi) is 7.01. The van der Waals surface area contributed by atoms with Gasteiger partial charge in [0.05, 0.1) is 0 Å². The molecule has 0 bridgehead atoms. The van der Waals surface area contributed by atoms with E-state index in [0.717, 1.165) is 12.8 Å². The van der Waals surface area contributed by atoms with Crippen molar-refractivity contribution < 1.29 is 0 Å². The van der Waals surface area contributed by atoms with Gasteiger partial charge >= 0.3 is 0 Å². The summed E-state index contributed by atoms with van der Waals surface area (Å²) in [5.41, 5.74) is 4.39. The Morgan fingerprint density at radius 1 is 0.625 bits per heavy atom. The van der Waals surface area contributed by atoms with Gasteiger partial charge in [-0.15, -0.1) is 23.5 Å². The SMILES string of the molecule is c1ccc(CC[C@H]2Sc3ccccc3[C@H](Sc3ccccc3)C2Cc2ccccc2)cc1. The number of thioether (sulfide) groups is 2. The van der Waals surface area contributed by atoms with Crippen LogP contribution >= 0.6 is 23.5 Å². The number of benzene rings is 4. The Bertz CT molecular complexity index is 1110. The van der Waals surface area contributed by atoms with Gasteiger partial charge in [0.15, 0.2) is 0 Å². The van der Waals surface area contributed by atoms with E-state index in [9.17, 15) is 0 Å². The summed E-state index contributed by atoms with van der Waals surface area (Å²) in [6.45, 7) is 0. The largest absolute Gasteiger partial charge is 0.122 e. The van der Waals surface area contributed by atoms with Crippen molar-refractivity contribution in [3.8, 4) is 0 Å². The minimum atomic E-state index is 0.454. The summed E-state index contributed by atoms with van der Waals surface area (Å²) in [5, 5.41) is 1.04. The molecule has 0 aromatic heterocycles. The third-order valence-corrected chi connectivity index (χ3v) is 9.17. The quantitative estimate of drug-likeness (QED) is 0.276. The monoisotopic (exact) mass is 452 g/mol. The molecule has 0 saturated carbocycles. The maximum atomic E-state index is 2.36. The number of aryl methyl sites for hydroxylation is 1. The summed E-state index contributed by atoms with van der Waals surface area (Å²) >= 11 is 4.15. The van der Waals surface area contributed by atoms with Crippen LogP contribution in [0.2, 0.25) is 0 Å². The van der Waals surface area contributed by atoms with Gasteiger partial charge in [-0.05, 0) is 60.1 Å². The molecule has 0 amide bonds. The lowest BCUT2D eigenvalue weighted by Gasteiger charge is -2.39. The highest BCUT2D eigenvalue weighted by molar-refractivity contribution is 8.01. The lowest BCUT2D eigenvalue weighted by molar-refractivity contribution is 0.458. The van der Waals surface area contributed by atoms with Crippen LogP contribution in [0.1, 0.15) is 28.4 Å². The Balaban J connectivity index is 1.49. The average molecular weight is 453 g/mol. The second-order valence-corrected chi connectivity index (χ2v) is 10.9. The van der Waals surface area contributed by atoms with Gasteiger partial charge in [0.25, 0.3) is 0 Å². The first kappa shape index (κ1) is 21.4. The molecule has 160 valence electrons. The van der Waals surface area contributed by atoms with Crippen molar-refractivity contribution in [3.05, 3.63) is 132 Å². The van der Waals surface area contributed by atoms with Crippen molar-refractivity contribution >= 4 is 23.5 Å². The van der Waals surface area contributed by atoms with Crippen molar-refractivity contribution in [3.63, 3.8) is 0 Å². The van der Waals surface area contributed by atoms with E-state index in [1.165, 1.54) is 32.9 Å². The smallest absolute Gasteiger partial charge is 0.0397 e. The fourth-order valence-electron chi connectivity index (χ4n) is 4.65. The third-order valence-electron chi connectivity index (χ3n) is 6.25. The molecule has 0 fully saturated rings. The molecule has 1 aliphatic rings. The summed E-state index contributed by atoms with van der Waals surface area (Å²) in [6, 6.07) is 42.1. The normalized spacial score (nSPS) is 19.9. The molecule has 2 heteroatoms. The molecule has 32 heavy (non-hydrogen) atoms. The van der Waals surface area contributed by atoms with Gasteiger partial charge in [0.2, 0.25) is 0 Å². The highest BCUT2D eigenvalue weighted by Gasteiger charge is 2.37. The van der Waals surface area contributed by atoms with Crippen molar-refractivity contribution in [2.75, 3.05) is 0 Å². The molecular weight excluding hydrogens is 424 g/mol. The number of hydrogen-bond donors (Lipinski definition) is 0. The van der Waals surface area contributed by atoms with E-state index in [4.69, 9.17) is 0 Å². The molecule has 5 rings (SSSR count). The molecule has 0 spiro atoms. The van der Waals surface area contributed by atoms with Crippen LogP contribution in [0.5, 0.6) is 0 Å². The number of fused-ring (bicyclic) bond motifs is 1. The second kappa shape index (κ2) is 10.5. The highest BCUT2D eigenvalue weighted by Crippen LogP contribution is 2.54. The van der Waals surface area contributed by atoms with Crippen LogP contribution in [-0.4, -0.2) is 5.25 Å². The van der Waals surface area contributed by atoms with Gasteiger partial charge in [0, 0.05) is 20.3 Å². The van der Waals surface area contributed by atoms with Crippen LogP contribution in [0.15, 0.2) is 125 Å². The molecule has 4 aromatic carbocycles. The molecule has 0 aliphatic carbocycles. The van der Waals surface area contributed by atoms with Gasteiger partial charge in [0.1, 0.15) is 0 Å². The van der Waals surface area contributed by atoms with E-state index in [-0.39, 0.29) is 0 Å². The minimum Gasteiger partial charge on any atom is -0.122 e. The molecule has 0 nitrogen and oxygen atoms in total. The predicted octanol–water partition coefficient (Wildman–Crippen LogP) is 8.49. The summed E-state index contributed by atoms with van der Waals surface area (Å²) in [5.74, 6) is 0.575. The minimum absolute atomic E-state index is 0.454. The van der Waals surface area contributed by atoms with E-state index in [0.29, 0.717) is 16.4 Å². The first-order valence-corrected chi connectivity index (χ1v) is 13.2. The molecule has 0 saturated heterocycles. The van der Waals surface area contributed by atoms with E-state index in [1.54, 1.807) is 0 Å². The lowest BCUT2D eigenvalue weighted by Crippen LogP contribution is -2.29. The molecule has 0 N–H and O–H groups in total. The Labute approximate surface area is 200 Å². The van der Waals surface area contributed by atoms with Crippen LogP contribution in [0.25, 0.3) is 0 Å². The van der Waals surface area contributed by atoms with Crippen LogP contribution in [0.3, 0.4) is 0 Å². The number of rotatable bonds is 7. The van der Waals surface area contributed by atoms with Crippen LogP contribution in [0.4, 0.5) is 0 Å².